The van der Waals surface area contributed by atoms with Crippen LogP contribution in [0, 0.1) is 6.92 Å². The van der Waals surface area contributed by atoms with Crippen molar-refractivity contribution in [1.29, 1.82) is 0 Å². The lowest BCUT2D eigenvalue weighted by molar-refractivity contribution is 0.499. The molecule has 0 aromatic carbocycles. The molecule has 2 N–H and O–H groups in total. The molecule has 14 heavy (non-hydrogen) atoms. The second kappa shape index (κ2) is 4.91. The SMILES string of the molecule is CCCC(N)Cn1cnc(C)cc1=O. The van der Waals surface area contributed by atoms with Gasteiger partial charge in [0.2, 0.25) is 0 Å². The molecule has 0 fully saturated rings. The van der Waals surface area contributed by atoms with Crippen molar-refractivity contribution in [1.82, 2.24) is 9.55 Å². The Labute approximate surface area is 83.8 Å². The van der Waals surface area contributed by atoms with Crippen molar-refractivity contribution in [2.24, 2.45) is 5.73 Å². The summed E-state index contributed by atoms with van der Waals surface area (Å²) in [6.45, 7) is 4.44. The van der Waals surface area contributed by atoms with E-state index in [1.54, 1.807) is 17.8 Å². The lowest BCUT2D eigenvalue weighted by Crippen LogP contribution is -2.31. The minimum Gasteiger partial charge on any atom is -0.326 e. The molecule has 1 aromatic heterocycles. The average molecular weight is 195 g/mol. The number of hydrogen-bond acceptors (Lipinski definition) is 3. The Morgan fingerprint density at radius 3 is 2.93 bits per heavy atom. The molecule has 0 aliphatic carbocycles. The van der Waals surface area contributed by atoms with Crippen molar-refractivity contribution in [2.45, 2.75) is 39.3 Å². The highest BCUT2D eigenvalue weighted by Gasteiger charge is 2.03. The maximum absolute atomic E-state index is 11.4. The zero-order chi connectivity index (χ0) is 10.6. The summed E-state index contributed by atoms with van der Waals surface area (Å²) in [4.78, 5) is 15.5. The molecule has 0 bridgehead atoms. The standard InChI is InChI=1S/C10H17N3O/c1-3-4-9(11)6-13-7-12-8(2)5-10(13)14/h5,7,9H,3-4,6,11H2,1-2H3. The maximum Gasteiger partial charge on any atom is 0.253 e. The van der Waals surface area contributed by atoms with Crippen LogP contribution in [-0.2, 0) is 6.54 Å². The number of hydrogen-bond donors (Lipinski definition) is 1. The Hall–Kier alpha value is -1.16. The first kappa shape index (κ1) is 10.9. The van der Waals surface area contributed by atoms with Gasteiger partial charge in [-0.1, -0.05) is 13.3 Å². The van der Waals surface area contributed by atoms with Gasteiger partial charge in [-0.05, 0) is 13.3 Å². The lowest BCUT2D eigenvalue weighted by atomic mass is 10.2. The predicted octanol–water partition coefficient (Wildman–Crippen LogP) is 0.679. The van der Waals surface area contributed by atoms with Crippen molar-refractivity contribution in [3.8, 4) is 0 Å². The molecule has 0 radical (unpaired) electrons. The van der Waals surface area contributed by atoms with Crippen LogP contribution in [-0.4, -0.2) is 15.6 Å². The zero-order valence-electron chi connectivity index (χ0n) is 8.73. The Kier molecular flexibility index (Phi) is 3.83. The van der Waals surface area contributed by atoms with Gasteiger partial charge in [0.1, 0.15) is 0 Å². The molecule has 0 saturated carbocycles. The normalized spacial score (nSPS) is 12.8. The van der Waals surface area contributed by atoms with E-state index in [1.165, 1.54) is 6.07 Å². The highest BCUT2D eigenvalue weighted by Crippen LogP contribution is 1.95. The van der Waals surface area contributed by atoms with Crippen molar-refractivity contribution in [3.63, 3.8) is 0 Å². The number of aryl methyl sites for hydroxylation is 1. The fourth-order valence-corrected chi connectivity index (χ4v) is 1.37. The minimum absolute atomic E-state index is 0.0240. The van der Waals surface area contributed by atoms with Crippen LogP contribution >= 0.6 is 0 Å². The van der Waals surface area contributed by atoms with Crippen molar-refractivity contribution >= 4 is 0 Å². The lowest BCUT2D eigenvalue weighted by Gasteiger charge is -2.11. The van der Waals surface area contributed by atoms with Gasteiger partial charge in [-0.25, -0.2) is 4.98 Å². The van der Waals surface area contributed by atoms with Crippen LogP contribution < -0.4 is 11.3 Å². The molecular formula is C10H17N3O. The van der Waals surface area contributed by atoms with Crippen LogP contribution in [0.4, 0.5) is 0 Å². The quantitative estimate of drug-likeness (QED) is 0.768. The topological polar surface area (TPSA) is 60.9 Å². The van der Waals surface area contributed by atoms with Gasteiger partial charge in [-0.2, -0.15) is 0 Å². The van der Waals surface area contributed by atoms with E-state index in [4.69, 9.17) is 5.73 Å². The van der Waals surface area contributed by atoms with Crippen LogP contribution in [0.25, 0.3) is 0 Å². The third-order valence-electron chi connectivity index (χ3n) is 2.11. The molecule has 0 amide bonds. The van der Waals surface area contributed by atoms with Gasteiger partial charge in [0.05, 0.1) is 6.33 Å². The van der Waals surface area contributed by atoms with Crippen molar-refractivity contribution < 1.29 is 0 Å². The molecule has 4 nitrogen and oxygen atoms in total. The number of nitrogens with two attached hydrogens (primary N) is 1. The summed E-state index contributed by atoms with van der Waals surface area (Å²) in [5.41, 5.74) is 6.56. The largest absolute Gasteiger partial charge is 0.326 e. The summed E-state index contributed by atoms with van der Waals surface area (Å²) >= 11 is 0. The summed E-state index contributed by atoms with van der Waals surface area (Å²) in [5, 5.41) is 0. The van der Waals surface area contributed by atoms with Gasteiger partial charge >= 0.3 is 0 Å². The smallest absolute Gasteiger partial charge is 0.253 e. The molecule has 1 atom stereocenters. The van der Waals surface area contributed by atoms with E-state index in [9.17, 15) is 4.79 Å². The second-order valence-electron chi connectivity index (χ2n) is 3.57. The van der Waals surface area contributed by atoms with E-state index < -0.39 is 0 Å². The van der Waals surface area contributed by atoms with Gasteiger partial charge in [0, 0.05) is 24.3 Å². The van der Waals surface area contributed by atoms with Crippen LogP contribution in [0.15, 0.2) is 17.2 Å². The molecule has 0 aliphatic heterocycles. The van der Waals surface area contributed by atoms with E-state index in [2.05, 4.69) is 11.9 Å². The number of nitrogens with zero attached hydrogens (tertiary/aromatic N) is 2. The first-order chi connectivity index (χ1) is 6.63. The number of rotatable bonds is 4. The molecule has 1 aromatic rings. The molecule has 0 spiro atoms. The van der Waals surface area contributed by atoms with Gasteiger partial charge < -0.3 is 5.73 Å². The summed E-state index contributed by atoms with van der Waals surface area (Å²) in [6, 6.07) is 1.57. The Morgan fingerprint density at radius 1 is 1.64 bits per heavy atom. The molecule has 4 heteroatoms. The molecule has 1 unspecified atom stereocenters. The summed E-state index contributed by atoms with van der Waals surface area (Å²) < 4.78 is 1.56. The van der Waals surface area contributed by atoms with E-state index in [-0.39, 0.29) is 11.6 Å². The third-order valence-corrected chi connectivity index (χ3v) is 2.11. The van der Waals surface area contributed by atoms with Crippen LogP contribution in [0.5, 0.6) is 0 Å². The van der Waals surface area contributed by atoms with Gasteiger partial charge in [0.25, 0.3) is 5.56 Å². The van der Waals surface area contributed by atoms with E-state index in [0.717, 1.165) is 18.5 Å². The molecular weight excluding hydrogens is 178 g/mol. The highest BCUT2D eigenvalue weighted by atomic mass is 16.1. The van der Waals surface area contributed by atoms with Gasteiger partial charge in [-0.3, -0.25) is 9.36 Å². The fraction of sp³-hybridized carbons (Fsp3) is 0.600. The minimum atomic E-state index is -0.0240. The van der Waals surface area contributed by atoms with E-state index >= 15 is 0 Å². The van der Waals surface area contributed by atoms with Crippen molar-refractivity contribution in [2.75, 3.05) is 0 Å². The summed E-state index contributed by atoms with van der Waals surface area (Å²) in [5.74, 6) is 0. The monoisotopic (exact) mass is 195 g/mol. The zero-order valence-corrected chi connectivity index (χ0v) is 8.73. The Morgan fingerprint density at radius 2 is 2.36 bits per heavy atom. The predicted molar refractivity (Wildman–Crippen MR) is 56.1 cm³/mol. The number of aromatic nitrogens is 2. The fourth-order valence-electron chi connectivity index (χ4n) is 1.37. The molecule has 0 saturated heterocycles. The van der Waals surface area contributed by atoms with Crippen LogP contribution in [0.1, 0.15) is 25.5 Å². The first-order valence-electron chi connectivity index (χ1n) is 4.92. The summed E-state index contributed by atoms with van der Waals surface area (Å²) in [7, 11) is 0. The van der Waals surface area contributed by atoms with Gasteiger partial charge in [0.15, 0.2) is 0 Å². The highest BCUT2D eigenvalue weighted by molar-refractivity contribution is 4.96. The molecule has 78 valence electrons. The van der Waals surface area contributed by atoms with Crippen LogP contribution in [0.3, 0.4) is 0 Å². The maximum atomic E-state index is 11.4. The van der Waals surface area contributed by atoms with Gasteiger partial charge in [-0.15, -0.1) is 0 Å². The van der Waals surface area contributed by atoms with E-state index in [1.807, 2.05) is 0 Å². The van der Waals surface area contributed by atoms with E-state index in [0.29, 0.717) is 6.54 Å². The average Bonchev–Trinajstić information content (AvgIpc) is 2.10. The molecule has 1 heterocycles. The summed E-state index contributed by atoms with van der Waals surface area (Å²) in [6.07, 6.45) is 3.53. The molecule has 0 aliphatic rings. The second-order valence-corrected chi connectivity index (χ2v) is 3.57. The third kappa shape index (κ3) is 2.96. The first-order valence-corrected chi connectivity index (χ1v) is 4.92. The van der Waals surface area contributed by atoms with Crippen LogP contribution in [0.2, 0.25) is 0 Å². The van der Waals surface area contributed by atoms with Crippen molar-refractivity contribution in [3.05, 3.63) is 28.4 Å². The molecule has 1 rings (SSSR count). The Balaban J connectivity index is 2.72. The Bertz CT molecular complexity index is 345.